The molecule has 132 valence electrons. The van der Waals surface area contributed by atoms with Crippen molar-refractivity contribution >= 4 is 33.4 Å². The van der Waals surface area contributed by atoms with Crippen LogP contribution >= 0.6 is 27.5 Å². The van der Waals surface area contributed by atoms with Gasteiger partial charge in [0.05, 0.1) is 17.8 Å². The van der Waals surface area contributed by atoms with Gasteiger partial charge in [-0.05, 0) is 34.5 Å². The first-order chi connectivity index (χ1) is 12.1. The maximum atomic E-state index is 11.2. The van der Waals surface area contributed by atoms with Gasteiger partial charge >= 0.3 is 0 Å². The van der Waals surface area contributed by atoms with Gasteiger partial charge in [0.25, 0.3) is 0 Å². The molecule has 1 saturated heterocycles. The summed E-state index contributed by atoms with van der Waals surface area (Å²) in [6, 6.07) is 9.86. The highest BCUT2D eigenvalue weighted by Gasteiger charge is 2.20. The number of hydrogen-bond donors (Lipinski definition) is 2. The Morgan fingerprint density at radius 1 is 1.40 bits per heavy atom. The van der Waals surface area contributed by atoms with Crippen molar-refractivity contribution in [1.82, 2.24) is 15.6 Å². The lowest BCUT2D eigenvalue weighted by Gasteiger charge is -2.14. The van der Waals surface area contributed by atoms with Crippen molar-refractivity contribution in [2.45, 2.75) is 25.4 Å². The highest BCUT2D eigenvalue weighted by molar-refractivity contribution is 9.10. The van der Waals surface area contributed by atoms with Crippen LogP contribution in [0.5, 0.6) is 5.88 Å². The molecule has 7 heteroatoms. The summed E-state index contributed by atoms with van der Waals surface area (Å²) in [5, 5.41) is 6.92. The van der Waals surface area contributed by atoms with E-state index in [0.717, 1.165) is 34.3 Å². The number of halogens is 2. The Balaban J connectivity index is 1.71. The summed E-state index contributed by atoms with van der Waals surface area (Å²) in [5.41, 5.74) is 2.57. The Hall–Kier alpha value is -1.63. The number of benzene rings is 1. The van der Waals surface area contributed by atoms with Gasteiger partial charge in [-0.1, -0.05) is 29.8 Å². The second kappa shape index (κ2) is 8.17. The van der Waals surface area contributed by atoms with E-state index < -0.39 is 0 Å². The minimum absolute atomic E-state index is 0.126. The smallest absolute Gasteiger partial charge is 0.220 e. The van der Waals surface area contributed by atoms with Gasteiger partial charge in [-0.3, -0.25) is 4.79 Å². The van der Waals surface area contributed by atoms with Crippen LogP contribution in [0, 0.1) is 0 Å². The van der Waals surface area contributed by atoms with E-state index in [4.69, 9.17) is 16.3 Å². The summed E-state index contributed by atoms with van der Waals surface area (Å²) in [4.78, 5) is 15.8. The number of hydrogen-bond acceptors (Lipinski definition) is 4. The number of rotatable bonds is 6. The molecule has 2 heterocycles. The van der Waals surface area contributed by atoms with Gasteiger partial charge in [0, 0.05) is 41.2 Å². The van der Waals surface area contributed by atoms with Gasteiger partial charge in [0.2, 0.25) is 11.8 Å². The highest BCUT2D eigenvalue weighted by atomic mass is 79.9. The molecule has 25 heavy (non-hydrogen) atoms. The highest BCUT2D eigenvalue weighted by Crippen LogP contribution is 2.34. The summed E-state index contributed by atoms with van der Waals surface area (Å²) in [6.45, 7) is 1.35. The maximum Gasteiger partial charge on any atom is 0.220 e. The number of pyridine rings is 1. The van der Waals surface area contributed by atoms with Gasteiger partial charge in [0.1, 0.15) is 0 Å². The standard InChI is InChI=1S/C18H19BrClN3O2/c1-25-18-11(9-21-10-12-6-8-16(24)22-12)5-7-15(23-18)13-3-2-4-14(19)17(13)20/h2-5,7,12,21H,6,8-10H2,1H3,(H,22,24). The minimum atomic E-state index is 0.126. The van der Waals surface area contributed by atoms with E-state index in [2.05, 4.69) is 31.5 Å². The molecule has 1 aromatic carbocycles. The first-order valence-corrected chi connectivity index (χ1v) is 9.24. The number of amides is 1. The molecule has 1 aromatic heterocycles. The number of aromatic nitrogens is 1. The van der Waals surface area contributed by atoms with E-state index in [1.54, 1.807) is 7.11 Å². The summed E-state index contributed by atoms with van der Waals surface area (Å²) < 4.78 is 6.27. The number of methoxy groups -OCH3 is 1. The van der Waals surface area contributed by atoms with Crippen molar-refractivity contribution in [3.63, 3.8) is 0 Å². The average Bonchev–Trinajstić information content (AvgIpc) is 3.03. The van der Waals surface area contributed by atoms with Crippen molar-refractivity contribution in [2.24, 2.45) is 0 Å². The van der Waals surface area contributed by atoms with Crippen LogP contribution in [0.4, 0.5) is 0 Å². The van der Waals surface area contributed by atoms with E-state index in [9.17, 15) is 4.79 Å². The Morgan fingerprint density at radius 2 is 2.24 bits per heavy atom. The fraction of sp³-hybridized carbons (Fsp3) is 0.333. The zero-order valence-corrected chi connectivity index (χ0v) is 16.2. The zero-order valence-electron chi connectivity index (χ0n) is 13.8. The van der Waals surface area contributed by atoms with E-state index in [1.807, 2.05) is 30.3 Å². The predicted octanol–water partition coefficient (Wildman–Crippen LogP) is 3.54. The lowest BCUT2D eigenvalue weighted by atomic mass is 10.1. The van der Waals surface area contributed by atoms with E-state index in [-0.39, 0.29) is 11.9 Å². The van der Waals surface area contributed by atoms with Gasteiger partial charge in [-0.2, -0.15) is 0 Å². The Bertz CT molecular complexity index is 785. The first kappa shape index (κ1) is 18.2. The van der Waals surface area contributed by atoms with Crippen molar-refractivity contribution < 1.29 is 9.53 Å². The molecule has 1 unspecified atom stereocenters. The van der Waals surface area contributed by atoms with Crippen molar-refractivity contribution in [3.8, 4) is 17.1 Å². The molecule has 2 aromatic rings. The molecule has 0 spiro atoms. The number of carbonyl (C=O) groups excluding carboxylic acids is 1. The van der Waals surface area contributed by atoms with Crippen LogP contribution in [0.15, 0.2) is 34.8 Å². The van der Waals surface area contributed by atoms with Crippen LogP contribution in [0.2, 0.25) is 5.02 Å². The maximum absolute atomic E-state index is 11.2. The van der Waals surface area contributed by atoms with Gasteiger partial charge in [0.15, 0.2) is 0 Å². The van der Waals surface area contributed by atoms with Crippen molar-refractivity contribution in [3.05, 3.63) is 45.4 Å². The molecule has 0 radical (unpaired) electrons. The second-order valence-electron chi connectivity index (χ2n) is 5.90. The van der Waals surface area contributed by atoms with Gasteiger partial charge < -0.3 is 15.4 Å². The first-order valence-electron chi connectivity index (χ1n) is 8.07. The topological polar surface area (TPSA) is 63.2 Å². The SMILES string of the molecule is COc1nc(-c2cccc(Br)c2Cl)ccc1CNCC1CCC(=O)N1. The molecule has 1 aliphatic heterocycles. The van der Waals surface area contributed by atoms with Gasteiger partial charge in [-0.25, -0.2) is 4.98 Å². The minimum Gasteiger partial charge on any atom is -0.481 e. The Labute approximate surface area is 160 Å². The van der Waals surface area contributed by atoms with E-state index >= 15 is 0 Å². The molecule has 1 amide bonds. The third-order valence-corrected chi connectivity index (χ3v) is 5.45. The summed E-state index contributed by atoms with van der Waals surface area (Å²) >= 11 is 9.79. The third kappa shape index (κ3) is 4.32. The van der Waals surface area contributed by atoms with Crippen LogP contribution in [-0.2, 0) is 11.3 Å². The normalized spacial score (nSPS) is 16.8. The second-order valence-corrected chi connectivity index (χ2v) is 7.13. The molecule has 1 atom stereocenters. The Kier molecular flexibility index (Phi) is 5.93. The number of carbonyl (C=O) groups is 1. The van der Waals surface area contributed by atoms with Crippen molar-refractivity contribution in [2.75, 3.05) is 13.7 Å². The lowest BCUT2D eigenvalue weighted by Crippen LogP contribution is -2.35. The van der Waals surface area contributed by atoms with Crippen LogP contribution < -0.4 is 15.4 Å². The summed E-state index contributed by atoms with van der Waals surface area (Å²) in [6.07, 6.45) is 1.49. The zero-order chi connectivity index (χ0) is 17.8. The van der Waals surface area contributed by atoms with Crippen LogP contribution in [0.25, 0.3) is 11.3 Å². The van der Waals surface area contributed by atoms with E-state index in [1.165, 1.54) is 0 Å². The molecule has 3 rings (SSSR count). The number of nitrogens with one attached hydrogen (secondary N) is 2. The molecule has 1 aliphatic rings. The third-order valence-electron chi connectivity index (χ3n) is 4.15. The fourth-order valence-electron chi connectivity index (χ4n) is 2.84. The quantitative estimate of drug-likeness (QED) is 0.744. The summed E-state index contributed by atoms with van der Waals surface area (Å²) in [5.74, 6) is 0.692. The average molecular weight is 425 g/mol. The largest absolute Gasteiger partial charge is 0.481 e. The van der Waals surface area contributed by atoms with E-state index in [0.29, 0.717) is 23.9 Å². The summed E-state index contributed by atoms with van der Waals surface area (Å²) in [7, 11) is 1.61. The fourth-order valence-corrected chi connectivity index (χ4v) is 3.43. The lowest BCUT2D eigenvalue weighted by molar-refractivity contribution is -0.119. The molecular weight excluding hydrogens is 406 g/mol. The number of ether oxygens (including phenoxy) is 1. The molecule has 5 nitrogen and oxygen atoms in total. The molecule has 0 saturated carbocycles. The van der Waals surface area contributed by atoms with Gasteiger partial charge in [-0.15, -0.1) is 0 Å². The molecule has 0 aliphatic carbocycles. The van der Waals surface area contributed by atoms with Crippen LogP contribution in [0.1, 0.15) is 18.4 Å². The predicted molar refractivity (Wildman–Crippen MR) is 102 cm³/mol. The van der Waals surface area contributed by atoms with Crippen molar-refractivity contribution in [1.29, 1.82) is 0 Å². The molecule has 1 fully saturated rings. The Morgan fingerprint density at radius 3 is 2.96 bits per heavy atom. The van der Waals surface area contributed by atoms with Crippen LogP contribution in [0.3, 0.4) is 0 Å². The molecular formula is C18H19BrClN3O2. The van der Waals surface area contributed by atoms with Crippen LogP contribution in [-0.4, -0.2) is 30.6 Å². The number of nitrogens with zero attached hydrogens (tertiary/aromatic N) is 1. The molecule has 0 bridgehead atoms. The monoisotopic (exact) mass is 423 g/mol. The molecule has 2 N–H and O–H groups in total.